The van der Waals surface area contributed by atoms with Crippen LogP contribution < -0.4 is 11.3 Å². The molecule has 16 heavy (non-hydrogen) atoms. The first kappa shape index (κ1) is 15.7. The van der Waals surface area contributed by atoms with Crippen LogP contribution in [0.1, 0.15) is 33.1 Å². The summed E-state index contributed by atoms with van der Waals surface area (Å²) < 4.78 is 0. The fourth-order valence-corrected chi connectivity index (χ4v) is 2.27. The molecule has 0 spiro atoms. The van der Waals surface area contributed by atoms with Crippen molar-refractivity contribution in [2.45, 2.75) is 45.2 Å². The van der Waals surface area contributed by atoms with Crippen LogP contribution in [-0.2, 0) is 4.79 Å². The molecule has 5 heteroatoms. The third-order valence-electron chi connectivity index (χ3n) is 2.93. The number of hydrogen-bond donors (Lipinski definition) is 2. The molecule has 0 heterocycles. The average molecular weight is 247 g/mol. The molecular formula is C11H25N3OS. The number of rotatable bonds is 8. The van der Waals surface area contributed by atoms with Crippen LogP contribution in [0.3, 0.4) is 0 Å². The standard InChI is InChI=1S/C11H25N3OS/c1-5-6-10(11(15)13-12)14(3)9(2)7-8-16-4/h9-10H,5-8,12H2,1-4H3,(H,13,15). The summed E-state index contributed by atoms with van der Waals surface area (Å²) in [6.07, 6.45) is 5.03. The molecule has 3 N–H and O–H groups in total. The lowest BCUT2D eigenvalue weighted by molar-refractivity contribution is -0.127. The second-order valence-electron chi connectivity index (χ2n) is 4.11. The Balaban J connectivity index is 4.34. The van der Waals surface area contributed by atoms with Gasteiger partial charge in [0, 0.05) is 6.04 Å². The molecule has 0 aromatic heterocycles. The number of carbonyl (C=O) groups is 1. The van der Waals surface area contributed by atoms with Gasteiger partial charge in [0.25, 0.3) is 5.91 Å². The lowest BCUT2D eigenvalue weighted by atomic mass is 10.1. The van der Waals surface area contributed by atoms with E-state index in [4.69, 9.17) is 5.84 Å². The first-order valence-corrected chi connectivity index (χ1v) is 7.19. The van der Waals surface area contributed by atoms with Crippen molar-refractivity contribution < 1.29 is 4.79 Å². The molecule has 1 amide bonds. The van der Waals surface area contributed by atoms with Gasteiger partial charge in [-0.25, -0.2) is 5.84 Å². The first-order valence-electron chi connectivity index (χ1n) is 5.79. The normalized spacial score (nSPS) is 14.9. The lowest BCUT2D eigenvalue weighted by Crippen LogP contribution is -2.50. The smallest absolute Gasteiger partial charge is 0.251 e. The molecule has 0 aromatic rings. The second kappa shape index (κ2) is 8.84. The molecule has 0 fully saturated rings. The van der Waals surface area contributed by atoms with Crippen molar-refractivity contribution in [3.63, 3.8) is 0 Å². The van der Waals surface area contributed by atoms with Crippen LogP contribution in [-0.4, -0.2) is 41.9 Å². The summed E-state index contributed by atoms with van der Waals surface area (Å²) in [4.78, 5) is 13.8. The quantitative estimate of drug-likeness (QED) is 0.385. The number of likely N-dealkylation sites (N-methyl/N-ethyl adjacent to an activating group) is 1. The van der Waals surface area contributed by atoms with E-state index < -0.39 is 0 Å². The van der Waals surface area contributed by atoms with Crippen molar-refractivity contribution in [3.8, 4) is 0 Å². The third kappa shape index (κ3) is 5.18. The zero-order valence-corrected chi connectivity index (χ0v) is 11.6. The van der Waals surface area contributed by atoms with Gasteiger partial charge < -0.3 is 0 Å². The molecule has 0 saturated heterocycles. The largest absolute Gasteiger partial charge is 0.293 e. The Morgan fingerprint density at radius 3 is 2.56 bits per heavy atom. The number of hydrazine groups is 1. The van der Waals surface area contributed by atoms with Gasteiger partial charge >= 0.3 is 0 Å². The minimum atomic E-state index is -0.105. The fourth-order valence-electron chi connectivity index (χ4n) is 1.69. The number of hydrogen-bond acceptors (Lipinski definition) is 4. The highest BCUT2D eigenvalue weighted by molar-refractivity contribution is 7.98. The van der Waals surface area contributed by atoms with Crippen LogP contribution in [0.4, 0.5) is 0 Å². The van der Waals surface area contributed by atoms with Crippen LogP contribution in [0.15, 0.2) is 0 Å². The predicted molar refractivity (Wildman–Crippen MR) is 71.3 cm³/mol. The molecule has 2 atom stereocenters. The second-order valence-corrected chi connectivity index (χ2v) is 5.09. The van der Waals surface area contributed by atoms with Gasteiger partial charge in [0.05, 0.1) is 6.04 Å². The third-order valence-corrected chi connectivity index (χ3v) is 3.58. The summed E-state index contributed by atoms with van der Waals surface area (Å²) in [6, 6.07) is 0.299. The molecule has 0 saturated carbocycles. The Kier molecular flexibility index (Phi) is 8.70. The summed E-state index contributed by atoms with van der Waals surface area (Å²) in [7, 11) is 2.00. The van der Waals surface area contributed by atoms with Crippen molar-refractivity contribution >= 4 is 17.7 Å². The van der Waals surface area contributed by atoms with Gasteiger partial charge in [-0.1, -0.05) is 13.3 Å². The van der Waals surface area contributed by atoms with E-state index in [1.807, 2.05) is 18.8 Å². The Morgan fingerprint density at radius 1 is 1.50 bits per heavy atom. The Labute approximate surface area is 103 Å². The molecule has 0 radical (unpaired) electrons. The van der Waals surface area contributed by atoms with E-state index >= 15 is 0 Å². The molecule has 96 valence electrons. The summed E-state index contributed by atoms with van der Waals surface area (Å²) in [5.41, 5.74) is 2.26. The number of nitrogens with one attached hydrogen (secondary N) is 1. The van der Waals surface area contributed by atoms with Gasteiger partial charge in [0.1, 0.15) is 0 Å². The molecule has 0 aliphatic heterocycles. The van der Waals surface area contributed by atoms with Crippen LogP contribution in [0.25, 0.3) is 0 Å². The molecule has 0 bridgehead atoms. The minimum absolute atomic E-state index is 0.0830. The fraction of sp³-hybridized carbons (Fsp3) is 0.909. The maximum atomic E-state index is 11.6. The van der Waals surface area contributed by atoms with Gasteiger partial charge in [0.2, 0.25) is 0 Å². The highest BCUT2D eigenvalue weighted by Crippen LogP contribution is 2.13. The highest BCUT2D eigenvalue weighted by Gasteiger charge is 2.24. The summed E-state index contributed by atoms with van der Waals surface area (Å²) in [5.74, 6) is 6.25. The van der Waals surface area contributed by atoms with Gasteiger partial charge in [-0.3, -0.25) is 15.1 Å². The van der Waals surface area contributed by atoms with Gasteiger partial charge in [-0.2, -0.15) is 11.8 Å². The number of nitrogens with two attached hydrogens (primary N) is 1. The summed E-state index contributed by atoms with van der Waals surface area (Å²) in [6.45, 7) is 4.24. The molecule has 0 rings (SSSR count). The topological polar surface area (TPSA) is 58.4 Å². The molecule has 2 unspecified atom stereocenters. The SMILES string of the molecule is CCCC(C(=O)NN)N(C)C(C)CCSC. The van der Waals surface area contributed by atoms with Crippen LogP contribution >= 0.6 is 11.8 Å². The average Bonchev–Trinajstić information content (AvgIpc) is 2.31. The van der Waals surface area contributed by atoms with E-state index in [0.717, 1.165) is 25.0 Å². The Hall–Kier alpha value is -0.260. The number of carbonyl (C=O) groups excluding carboxylic acids is 1. The zero-order valence-electron chi connectivity index (χ0n) is 10.8. The van der Waals surface area contributed by atoms with E-state index in [1.54, 1.807) is 0 Å². The molecule has 0 aromatic carbocycles. The predicted octanol–water partition coefficient (Wildman–Crippen LogP) is 1.22. The van der Waals surface area contributed by atoms with Gasteiger partial charge in [-0.15, -0.1) is 0 Å². The monoisotopic (exact) mass is 247 g/mol. The zero-order chi connectivity index (χ0) is 12.6. The first-order chi connectivity index (χ1) is 7.58. The minimum Gasteiger partial charge on any atom is -0.293 e. The van der Waals surface area contributed by atoms with E-state index in [-0.39, 0.29) is 11.9 Å². The van der Waals surface area contributed by atoms with E-state index in [0.29, 0.717) is 6.04 Å². The van der Waals surface area contributed by atoms with Crippen molar-refractivity contribution in [1.29, 1.82) is 0 Å². The van der Waals surface area contributed by atoms with Crippen LogP contribution in [0.2, 0.25) is 0 Å². The number of thioether (sulfide) groups is 1. The van der Waals surface area contributed by atoms with Crippen molar-refractivity contribution in [3.05, 3.63) is 0 Å². The van der Waals surface area contributed by atoms with E-state index in [1.165, 1.54) is 0 Å². The van der Waals surface area contributed by atoms with Gasteiger partial charge in [0.15, 0.2) is 0 Å². The molecule has 4 nitrogen and oxygen atoms in total. The number of amides is 1. The Bertz CT molecular complexity index is 202. The molecular weight excluding hydrogens is 222 g/mol. The van der Waals surface area contributed by atoms with E-state index in [9.17, 15) is 4.79 Å². The van der Waals surface area contributed by atoms with Crippen LogP contribution in [0, 0.1) is 0 Å². The number of nitrogens with zero attached hydrogens (tertiary/aromatic N) is 1. The summed E-state index contributed by atoms with van der Waals surface area (Å²) in [5, 5.41) is 0. The van der Waals surface area contributed by atoms with Crippen molar-refractivity contribution in [2.75, 3.05) is 19.1 Å². The Morgan fingerprint density at radius 2 is 2.12 bits per heavy atom. The maximum absolute atomic E-state index is 11.6. The van der Waals surface area contributed by atoms with E-state index in [2.05, 4.69) is 30.4 Å². The summed E-state index contributed by atoms with van der Waals surface area (Å²) >= 11 is 1.83. The van der Waals surface area contributed by atoms with Crippen LogP contribution in [0.5, 0.6) is 0 Å². The highest BCUT2D eigenvalue weighted by atomic mass is 32.2. The van der Waals surface area contributed by atoms with Crippen molar-refractivity contribution in [2.24, 2.45) is 5.84 Å². The molecule has 0 aliphatic rings. The molecule has 0 aliphatic carbocycles. The van der Waals surface area contributed by atoms with Crippen molar-refractivity contribution in [1.82, 2.24) is 10.3 Å². The lowest BCUT2D eigenvalue weighted by Gasteiger charge is -2.31. The maximum Gasteiger partial charge on any atom is 0.251 e. The van der Waals surface area contributed by atoms with Gasteiger partial charge in [-0.05, 0) is 38.8 Å².